The molecule has 0 radical (unpaired) electrons. The van der Waals surface area contributed by atoms with Crippen LogP contribution in [0.4, 0.5) is 10.1 Å². The third-order valence-electron chi connectivity index (χ3n) is 6.52. The molecule has 5 atom stereocenters. The zero-order chi connectivity index (χ0) is 18.9. The van der Waals surface area contributed by atoms with Gasteiger partial charge in [-0.25, -0.2) is 4.39 Å². The Morgan fingerprint density at radius 3 is 2.63 bits per heavy atom. The summed E-state index contributed by atoms with van der Waals surface area (Å²) in [6.07, 6.45) is 2.29. The molecule has 0 spiro atoms. The molecule has 138 valence electrons. The van der Waals surface area contributed by atoms with Crippen LogP contribution in [0.2, 0.25) is 0 Å². The van der Waals surface area contributed by atoms with Crippen molar-refractivity contribution in [3.8, 4) is 0 Å². The van der Waals surface area contributed by atoms with E-state index in [1.165, 1.54) is 23.3 Å². The third-order valence-corrected chi connectivity index (χ3v) is 6.52. The Hall–Kier alpha value is -2.46. The fraction of sp³-hybridized carbons (Fsp3) is 0.348. The molecular weight excluding hydrogens is 341 g/mol. The lowest BCUT2D eigenvalue weighted by Gasteiger charge is -2.30. The van der Waals surface area contributed by atoms with E-state index < -0.39 is 5.60 Å². The number of carbonyl (C=O) groups is 1. The molecule has 2 heterocycles. The Kier molecular flexibility index (Phi) is 3.41. The number of amides is 1. The number of anilines is 1. The van der Waals surface area contributed by atoms with E-state index in [-0.39, 0.29) is 35.7 Å². The molecular formula is C23H22FNO2. The van der Waals surface area contributed by atoms with E-state index in [2.05, 4.69) is 25.1 Å². The van der Waals surface area contributed by atoms with Gasteiger partial charge in [0, 0.05) is 24.3 Å². The topological polar surface area (TPSA) is 29.5 Å². The van der Waals surface area contributed by atoms with E-state index in [0.717, 1.165) is 5.56 Å². The first-order chi connectivity index (χ1) is 12.9. The SMILES string of the molecule is CC(=O)N1c2cc(F)ccc2[C@@]2(C)O[C@H]3[C@H](C=C(c4ccccc4)[C@@H]3C)[C@@H]12. The Bertz CT molecular complexity index is 970. The summed E-state index contributed by atoms with van der Waals surface area (Å²) in [5, 5.41) is 0. The molecule has 2 aromatic carbocycles. The summed E-state index contributed by atoms with van der Waals surface area (Å²) in [5.74, 6) is -0.0911. The van der Waals surface area contributed by atoms with Crippen LogP contribution >= 0.6 is 0 Å². The summed E-state index contributed by atoms with van der Waals surface area (Å²) in [7, 11) is 0. The quantitative estimate of drug-likeness (QED) is 0.745. The van der Waals surface area contributed by atoms with Gasteiger partial charge in [-0.15, -0.1) is 0 Å². The van der Waals surface area contributed by atoms with Crippen molar-refractivity contribution in [2.45, 2.75) is 38.5 Å². The summed E-state index contributed by atoms with van der Waals surface area (Å²) in [6, 6.07) is 14.9. The van der Waals surface area contributed by atoms with Crippen LogP contribution < -0.4 is 4.90 Å². The van der Waals surface area contributed by atoms with Crippen molar-refractivity contribution < 1.29 is 13.9 Å². The third kappa shape index (κ3) is 2.13. The highest BCUT2D eigenvalue weighted by molar-refractivity contribution is 5.96. The predicted molar refractivity (Wildman–Crippen MR) is 103 cm³/mol. The smallest absolute Gasteiger partial charge is 0.224 e. The number of rotatable bonds is 1. The van der Waals surface area contributed by atoms with Gasteiger partial charge in [-0.2, -0.15) is 0 Å². The van der Waals surface area contributed by atoms with Crippen molar-refractivity contribution in [1.29, 1.82) is 0 Å². The fourth-order valence-corrected chi connectivity index (χ4v) is 5.41. The summed E-state index contributed by atoms with van der Waals surface area (Å²) in [4.78, 5) is 14.3. The van der Waals surface area contributed by atoms with Gasteiger partial charge in [-0.05, 0) is 30.2 Å². The minimum absolute atomic E-state index is 0.00950. The molecule has 0 saturated carbocycles. The molecule has 27 heavy (non-hydrogen) atoms. The van der Waals surface area contributed by atoms with E-state index in [9.17, 15) is 9.18 Å². The molecule has 1 aliphatic carbocycles. The van der Waals surface area contributed by atoms with E-state index in [4.69, 9.17) is 4.74 Å². The van der Waals surface area contributed by atoms with Gasteiger partial charge >= 0.3 is 0 Å². The Morgan fingerprint density at radius 1 is 1.19 bits per heavy atom. The Morgan fingerprint density at radius 2 is 1.93 bits per heavy atom. The van der Waals surface area contributed by atoms with Gasteiger partial charge in [0.2, 0.25) is 5.91 Å². The number of ether oxygens (including phenoxy) is 1. The van der Waals surface area contributed by atoms with Gasteiger partial charge in [0.1, 0.15) is 11.4 Å². The maximum Gasteiger partial charge on any atom is 0.224 e. The highest BCUT2D eigenvalue weighted by atomic mass is 19.1. The van der Waals surface area contributed by atoms with Gasteiger partial charge in [0.05, 0.1) is 17.8 Å². The van der Waals surface area contributed by atoms with Crippen molar-refractivity contribution in [2.75, 3.05) is 4.90 Å². The molecule has 2 aromatic rings. The average molecular weight is 363 g/mol. The molecule has 1 fully saturated rings. The van der Waals surface area contributed by atoms with Crippen LogP contribution in [-0.2, 0) is 15.1 Å². The Labute approximate surface area is 158 Å². The standard InChI is InChI=1S/C23H22FNO2/c1-13-17(15-7-5-4-6-8-15)12-18-21(13)27-23(3)19-10-9-16(24)11-20(19)25(14(2)26)22(18)23/h4-13,18,21-22H,1-3H3/t13-,18-,21+,22+,23+/m0/s1. The minimum atomic E-state index is -0.614. The molecule has 3 aliphatic rings. The van der Waals surface area contributed by atoms with Crippen molar-refractivity contribution >= 4 is 17.2 Å². The van der Waals surface area contributed by atoms with Crippen molar-refractivity contribution in [1.82, 2.24) is 0 Å². The van der Waals surface area contributed by atoms with Gasteiger partial charge in [0.25, 0.3) is 0 Å². The van der Waals surface area contributed by atoms with Gasteiger partial charge in [0.15, 0.2) is 0 Å². The predicted octanol–water partition coefficient (Wildman–Crippen LogP) is 4.52. The second-order valence-corrected chi connectivity index (χ2v) is 8.04. The van der Waals surface area contributed by atoms with E-state index in [1.54, 1.807) is 17.9 Å². The number of nitrogens with zero attached hydrogens (tertiary/aromatic N) is 1. The van der Waals surface area contributed by atoms with E-state index in [0.29, 0.717) is 5.69 Å². The number of halogens is 1. The number of carbonyl (C=O) groups excluding carboxylic acids is 1. The van der Waals surface area contributed by atoms with Gasteiger partial charge in [-0.1, -0.05) is 49.4 Å². The summed E-state index contributed by atoms with van der Waals surface area (Å²) < 4.78 is 20.6. The second-order valence-electron chi connectivity index (χ2n) is 8.04. The second kappa shape index (κ2) is 5.52. The lowest BCUT2D eigenvalue weighted by Crippen LogP contribution is -2.45. The minimum Gasteiger partial charge on any atom is -0.364 e. The first-order valence-electron chi connectivity index (χ1n) is 9.46. The number of fused-ring (bicyclic) bond motifs is 5. The highest BCUT2D eigenvalue weighted by Crippen LogP contribution is 2.59. The van der Waals surface area contributed by atoms with Crippen LogP contribution in [0.5, 0.6) is 0 Å². The zero-order valence-corrected chi connectivity index (χ0v) is 15.6. The first-order valence-corrected chi connectivity index (χ1v) is 9.46. The van der Waals surface area contributed by atoms with Crippen molar-refractivity contribution in [3.05, 3.63) is 71.6 Å². The molecule has 2 aliphatic heterocycles. The van der Waals surface area contributed by atoms with E-state index >= 15 is 0 Å². The Balaban J connectivity index is 1.64. The molecule has 3 nitrogen and oxygen atoms in total. The van der Waals surface area contributed by atoms with Crippen molar-refractivity contribution in [2.24, 2.45) is 11.8 Å². The molecule has 0 unspecified atom stereocenters. The number of benzene rings is 2. The highest BCUT2D eigenvalue weighted by Gasteiger charge is 2.63. The molecule has 5 rings (SSSR count). The fourth-order valence-electron chi connectivity index (χ4n) is 5.41. The molecule has 0 N–H and O–H groups in total. The maximum absolute atomic E-state index is 13.9. The van der Waals surface area contributed by atoms with Crippen LogP contribution in [0.15, 0.2) is 54.6 Å². The monoisotopic (exact) mass is 363 g/mol. The van der Waals surface area contributed by atoms with Crippen molar-refractivity contribution in [3.63, 3.8) is 0 Å². The molecule has 4 heteroatoms. The van der Waals surface area contributed by atoms with Crippen LogP contribution in [0.3, 0.4) is 0 Å². The summed E-state index contributed by atoms with van der Waals surface area (Å²) >= 11 is 0. The normalized spacial score (nSPS) is 33.5. The van der Waals surface area contributed by atoms with E-state index in [1.807, 2.05) is 25.1 Å². The van der Waals surface area contributed by atoms with Gasteiger partial charge < -0.3 is 9.64 Å². The number of hydrogen-bond acceptors (Lipinski definition) is 2. The van der Waals surface area contributed by atoms with Crippen LogP contribution in [-0.4, -0.2) is 18.1 Å². The molecule has 0 bridgehead atoms. The van der Waals surface area contributed by atoms with Crippen LogP contribution in [0.1, 0.15) is 31.9 Å². The summed E-state index contributed by atoms with van der Waals surface area (Å²) in [5.41, 5.74) is 3.39. The van der Waals surface area contributed by atoms with Gasteiger partial charge in [-0.3, -0.25) is 4.79 Å². The number of hydrogen-bond donors (Lipinski definition) is 0. The van der Waals surface area contributed by atoms with Crippen LogP contribution in [0.25, 0.3) is 5.57 Å². The molecule has 1 saturated heterocycles. The average Bonchev–Trinajstić information content (AvgIpc) is 3.19. The summed E-state index contributed by atoms with van der Waals surface area (Å²) in [6.45, 7) is 5.78. The largest absolute Gasteiger partial charge is 0.364 e. The van der Waals surface area contributed by atoms with Crippen LogP contribution in [0, 0.1) is 17.7 Å². The zero-order valence-electron chi connectivity index (χ0n) is 15.6. The lowest BCUT2D eigenvalue weighted by atomic mass is 9.85. The molecule has 0 aromatic heterocycles. The molecule has 1 amide bonds. The lowest BCUT2D eigenvalue weighted by molar-refractivity contribution is -0.117. The maximum atomic E-state index is 13.9. The first kappa shape index (κ1) is 16.7.